The first kappa shape index (κ1) is 8.75. The average Bonchev–Trinajstić information content (AvgIpc) is 2.61. The molecule has 0 amide bonds. The third kappa shape index (κ3) is 2.10. The normalized spacial score (nSPS) is 17.5. The standard InChI is InChI=1S/C10H13NOS/c13-10-7-3-4-8-11(10)12-9-5-1-2-6-9/h3-4,7-9H,1-2,5-6H2. The van der Waals surface area contributed by atoms with E-state index in [-0.39, 0.29) is 0 Å². The zero-order valence-electron chi connectivity index (χ0n) is 7.48. The second kappa shape index (κ2) is 3.92. The molecule has 0 N–H and O–H groups in total. The van der Waals surface area contributed by atoms with Crippen LogP contribution in [0.5, 0.6) is 0 Å². The highest BCUT2D eigenvalue weighted by atomic mass is 32.1. The molecule has 0 atom stereocenters. The van der Waals surface area contributed by atoms with E-state index in [0.717, 1.165) is 17.5 Å². The Bertz CT molecular complexity index is 328. The van der Waals surface area contributed by atoms with E-state index in [1.165, 1.54) is 12.8 Å². The molecule has 1 aromatic heterocycles. The highest BCUT2D eigenvalue weighted by molar-refractivity contribution is 7.71. The molecule has 1 heterocycles. The van der Waals surface area contributed by atoms with Crippen molar-refractivity contribution in [1.29, 1.82) is 0 Å². The van der Waals surface area contributed by atoms with Crippen LogP contribution in [-0.2, 0) is 0 Å². The van der Waals surface area contributed by atoms with Crippen molar-refractivity contribution in [2.24, 2.45) is 0 Å². The van der Waals surface area contributed by atoms with Gasteiger partial charge in [0.05, 0.1) is 0 Å². The van der Waals surface area contributed by atoms with Gasteiger partial charge in [-0.25, -0.2) is 0 Å². The average molecular weight is 195 g/mol. The molecule has 70 valence electrons. The Labute approximate surface area is 83.1 Å². The van der Waals surface area contributed by atoms with Gasteiger partial charge in [-0.3, -0.25) is 0 Å². The molecular weight excluding hydrogens is 182 g/mol. The molecule has 2 nitrogen and oxygen atoms in total. The summed E-state index contributed by atoms with van der Waals surface area (Å²) in [5.74, 6) is 0. The lowest BCUT2D eigenvalue weighted by molar-refractivity contribution is 0.0381. The molecule has 1 fully saturated rings. The number of pyridine rings is 1. The third-order valence-corrected chi connectivity index (χ3v) is 2.67. The molecule has 1 aliphatic carbocycles. The Balaban J connectivity index is 2.08. The van der Waals surface area contributed by atoms with Gasteiger partial charge in [-0.15, -0.1) is 0 Å². The van der Waals surface area contributed by atoms with Crippen molar-refractivity contribution in [2.45, 2.75) is 31.8 Å². The van der Waals surface area contributed by atoms with Crippen molar-refractivity contribution in [3.8, 4) is 0 Å². The molecule has 13 heavy (non-hydrogen) atoms. The monoisotopic (exact) mass is 195 g/mol. The summed E-state index contributed by atoms with van der Waals surface area (Å²) in [6, 6.07) is 5.74. The van der Waals surface area contributed by atoms with Crippen LogP contribution in [0.15, 0.2) is 24.4 Å². The summed E-state index contributed by atoms with van der Waals surface area (Å²) in [5, 5.41) is 0. The minimum absolute atomic E-state index is 0.370. The van der Waals surface area contributed by atoms with Crippen LogP contribution >= 0.6 is 12.2 Å². The summed E-state index contributed by atoms with van der Waals surface area (Å²) < 4.78 is 2.44. The van der Waals surface area contributed by atoms with Gasteiger partial charge in [0, 0.05) is 6.20 Å². The Kier molecular flexibility index (Phi) is 2.64. The molecule has 1 aliphatic rings. The van der Waals surface area contributed by atoms with Gasteiger partial charge >= 0.3 is 0 Å². The first-order valence-corrected chi connectivity index (χ1v) is 5.12. The summed E-state index contributed by atoms with van der Waals surface area (Å²) in [6.07, 6.45) is 7.14. The van der Waals surface area contributed by atoms with E-state index in [0.29, 0.717) is 6.10 Å². The van der Waals surface area contributed by atoms with Gasteiger partial charge in [-0.05, 0) is 37.8 Å². The zero-order valence-corrected chi connectivity index (χ0v) is 8.30. The first-order valence-electron chi connectivity index (χ1n) is 4.71. The van der Waals surface area contributed by atoms with Gasteiger partial charge in [-0.1, -0.05) is 18.3 Å². The van der Waals surface area contributed by atoms with E-state index in [2.05, 4.69) is 0 Å². The number of nitrogens with zero attached hydrogens (tertiary/aromatic N) is 1. The van der Waals surface area contributed by atoms with Crippen LogP contribution in [0.1, 0.15) is 25.7 Å². The van der Waals surface area contributed by atoms with E-state index in [1.54, 1.807) is 4.73 Å². The van der Waals surface area contributed by atoms with Gasteiger partial charge < -0.3 is 4.84 Å². The second-order valence-electron chi connectivity index (χ2n) is 3.38. The van der Waals surface area contributed by atoms with Crippen molar-refractivity contribution in [3.63, 3.8) is 0 Å². The molecule has 0 unspecified atom stereocenters. The summed E-state index contributed by atoms with van der Waals surface area (Å²) in [5.41, 5.74) is 0. The second-order valence-corrected chi connectivity index (χ2v) is 3.79. The van der Waals surface area contributed by atoms with Crippen molar-refractivity contribution < 1.29 is 4.84 Å². The molecule has 0 bridgehead atoms. The fraction of sp³-hybridized carbons (Fsp3) is 0.500. The van der Waals surface area contributed by atoms with Crippen LogP contribution in [0.25, 0.3) is 0 Å². The smallest absolute Gasteiger partial charge is 0.142 e. The quantitative estimate of drug-likeness (QED) is 0.673. The predicted octanol–water partition coefficient (Wildman–Crippen LogP) is 2.59. The summed E-state index contributed by atoms with van der Waals surface area (Å²) in [4.78, 5) is 5.72. The van der Waals surface area contributed by atoms with Gasteiger partial charge in [-0.2, -0.15) is 4.73 Å². The first-order chi connectivity index (χ1) is 6.36. The minimum Gasteiger partial charge on any atom is -0.410 e. The van der Waals surface area contributed by atoms with E-state index in [9.17, 15) is 0 Å². The van der Waals surface area contributed by atoms with Crippen molar-refractivity contribution in [1.82, 2.24) is 4.73 Å². The maximum atomic E-state index is 5.72. The van der Waals surface area contributed by atoms with Gasteiger partial charge in [0.2, 0.25) is 0 Å². The number of hydrogen-bond donors (Lipinski definition) is 0. The number of rotatable bonds is 2. The van der Waals surface area contributed by atoms with Crippen LogP contribution in [0, 0.1) is 4.64 Å². The Morgan fingerprint density at radius 2 is 2.08 bits per heavy atom. The van der Waals surface area contributed by atoms with Crippen molar-refractivity contribution in [3.05, 3.63) is 29.0 Å². The Morgan fingerprint density at radius 1 is 1.31 bits per heavy atom. The van der Waals surface area contributed by atoms with Gasteiger partial charge in [0.15, 0.2) is 0 Å². The van der Waals surface area contributed by atoms with Crippen LogP contribution in [-0.4, -0.2) is 10.8 Å². The number of hydrogen-bond acceptors (Lipinski definition) is 2. The van der Waals surface area contributed by atoms with Crippen molar-refractivity contribution in [2.75, 3.05) is 0 Å². The van der Waals surface area contributed by atoms with Crippen molar-refractivity contribution >= 4 is 12.2 Å². The maximum absolute atomic E-state index is 5.72. The fourth-order valence-electron chi connectivity index (χ4n) is 1.65. The molecular formula is C10H13NOS. The van der Waals surface area contributed by atoms with Crippen LogP contribution in [0.2, 0.25) is 0 Å². The highest BCUT2D eigenvalue weighted by Crippen LogP contribution is 2.18. The summed E-state index contributed by atoms with van der Waals surface area (Å²) >= 11 is 5.12. The lowest BCUT2D eigenvalue weighted by Gasteiger charge is -2.14. The van der Waals surface area contributed by atoms with Crippen LogP contribution < -0.4 is 4.84 Å². The minimum atomic E-state index is 0.370. The van der Waals surface area contributed by atoms with E-state index in [4.69, 9.17) is 17.1 Å². The molecule has 1 aromatic rings. The molecule has 0 radical (unpaired) electrons. The maximum Gasteiger partial charge on any atom is 0.142 e. The lowest BCUT2D eigenvalue weighted by Crippen LogP contribution is -2.22. The molecule has 2 rings (SSSR count). The highest BCUT2D eigenvalue weighted by Gasteiger charge is 2.16. The van der Waals surface area contributed by atoms with Gasteiger partial charge in [0.25, 0.3) is 0 Å². The van der Waals surface area contributed by atoms with Crippen LogP contribution in [0.3, 0.4) is 0 Å². The zero-order chi connectivity index (χ0) is 9.10. The number of aromatic nitrogens is 1. The molecule has 0 saturated heterocycles. The predicted molar refractivity (Wildman–Crippen MR) is 54.1 cm³/mol. The lowest BCUT2D eigenvalue weighted by atomic mass is 10.3. The van der Waals surface area contributed by atoms with E-state index >= 15 is 0 Å². The Hall–Kier alpha value is -0.830. The molecule has 1 saturated carbocycles. The largest absolute Gasteiger partial charge is 0.410 e. The molecule has 3 heteroatoms. The van der Waals surface area contributed by atoms with Gasteiger partial charge in [0.1, 0.15) is 10.7 Å². The van der Waals surface area contributed by atoms with E-state index in [1.807, 2.05) is 24.4 Å². The molecule has 0 aromatic carbocycles. The SMILES string of the molecule is S=c1ccccn1OC1CCCC1. The summed E-state index contributed by atoms with van der Waals surface area (Å²) in [6.45, 7) is 0. The Morgan fingerprint density at radius 3 is 2.77 bits per heavy atom. The molecule has 0 spiro atoms. The summed E-state index contributed by atoms with van der Waals surface area (Å²) in [7, 11) is 0. The molecule has 0 aliphatic heterocycles. The third-order valence-electron chi connectivity index (χ3n) is 2.35. The van der Waals surface area contributed by atoms with Crippen LogP contribution in [0.4, 0.5) is 0 Å². The topological polar surface area (TPSA) is 14.2 Å². The fourth-order valence-corrected chi connectivity index (χ4v) is 1.84. The van der Waals surface area contributed by atoms with E-state index < -0.39 is 0 Å².